The van der Waals surface area contributed by atoms with Gasteiger partial charge in [0.15, 0.2) is 6.61 Å². The summed E-state index contributed by atoms with van der Waals surface area (Å²) in [6.45, 7) is 9.54. The van der Waals surface area contributed by atoms with Crippen molar-refractivity contribution in [2.24, 2.45) is 0 Å². The largest absolute Gasteiger partial charge is 0.484 e. The Morgan fingerprint density at radius 2 is 1.62 bits per heavy atom. The van der Waals surface area contributed by atoms with Crippen LogP contribution < -0.4 is 10.1 Å². The summed E-state index contributed by atoms with van der Waals surface area (Å²) in [7, 11) is 0. The fourth-order valence-corrected chi connectivity index (χ4v) is 3.79. The van der Waals surface area contributed by atoms with Crippen molar-refractivity contribution in [1.82, 2.24) is 10.2 Å². The Morgan fingerprint density at radius 3 is 2.12 bits per heavy atom. The van der Waals surface area contributed by atoms with Gasteiger partial charge in [0.25, 0.3) is 5.91 Å². The maximum atomic E-state index is 13.3. The first kappa shape index (κ1) is 26.0. The number of nitrogens with zero attached hydrogens (tertiary/aromatic N) is 1. The number of aryl methyl sites for hydroxylation is 1. The molecule has 0 unspecified atom stereocenters. The standard InChI is InChI=1S/C25H32Cl2N2O3/c1-6-17-11-13-18(14-12-17)32-16-23(30)29(15-19-20(26)9-8-10-21(19)27)22(7-2)24(31)28-25(3,4)5/h8-14,22H,6-7,15-16H2,1-5H3,(H,28,31)/t22-/m0/s1. The molecule has 2 aromatic rings. The summed E-state index contributed by atoms with van der Waals surface area (Å²) in [5.41, 5.74) is 1.35. The number of hydrogen-bond donors (Lipinski definition) is 1. The van der Waals surface area contributed by atoms with Crippen molar-refractivity contribution in [2.45, 2.75) is 65.6 Å². The van der Waals surface area contributed by atoms with Crippen molar-refractivity contribution >= 4 is 35.0 Å². The van der Waals surface area contributed by atoms with Gasteiger partial charge in [0.05, 0.1) is 0 Å². The minimum Gasteiger partial charge on any atom is -0.484 e. The number of rotatable bonds is 9. The SMILES string of the molecule is CCc1ccc(OCC(=O)N(Cc2c(Cl)cccc2Cl)[C@@H](CC)C(=O)NC(C)(C)C)cc1. The summed E-state index contributed by atoms with van der Waals surface area (Å²) >= 11 is 12.7. The molecule has 0 spiro atoms. The normalized spacial score (nSPS) is 12.2. The van der Waals surface area contributed by atoms with Crippen LogP contribution in [-0.4, -0.2) is 34.9 Å². The highest BCUT2D eigenvalue weighted by Crippen LogP contribution is 2.27. The van der Waals surface area contributed by atoms with E-state index in [2.05, 4.69) is 12.2 Å². The van der Waals surface area contributed by atoms with E-state index in [1.54, 1.807) is 18.2 Å². The Hall–Kier alpha value is -2.24. The molecule has 1 N–H and O–H groups in total. The Kier molecular flexibility index (Phi) is 9.41. The third-order valence-electron chi connectivity index (χ3n) is 4.97. The first-order valence-electron chi connectivity index (χ1n) is 10.8. The van der Waals surface area contributed by atoms with Crippen LogP contribution in [0.15, 0.2) is 42.5 Å². The topological polar surface area (TPSA) is 58.6 Å². The van der Waals surface area contributed by atoms with Crippen LogP contribution in [0, 0.1) is 0 Å². The number of amides is 2. The summed E-state index contributed by atoms with van der Waals surface area (Å²) in [5, 5.41) is 3.85. The number of halogens is 2. The van der Waals surface area contributed by atoms with Gasteiger partial charge in [-0.05, 0) is 63.4 Å². The predicted octanol–water partition coefficient (Wildman–Crippen LogP) is 5.66. The predicted molar refractivity (Wildman–Crippen MR) is 130 cm³/mol. The third-order valence-corrected chi connectivity index (χ3v) is 5.68. The van der Waals surface area contributed by atoms with E-state index >= 15 is 0 Å². The van der Waals surface area contributed by atoms with Crippen LogP contribution >= 0.6 is 23.2 Å². The number of nitrogens with one attached hydrogen (secondary N) is 1. The lowest BCUT2D eigenvalue weighted by atomic mass is 10.1. The highest BCUT2D eigenvalue weighted by molar-refractivity contribution is 6.36. The molecule has 2 rings (SSSR count). The molecule has 7 heteroatoms. The maximum absolute atomic E-state index is 13.3. The van der Waals surface area contributed by atoms with Gasteiger partial charge in [0.2, 0.25) is 5.91 Å². The summed E-state index contributed by atoms with van der Waals surface area (Å²) in [4.78, 5) is 27.8. The summed E-state index contributed by atoms with van der Waals surface area (Å²) < 4.78 is 5.73. The molecule has 0 fully saturated rings. The van der Waals surface area contributed by atoms with Gasteiger partial charge in [0.1, 0.15) is 11.8 Å². The van der Waals surface area contributed by atoms with Gasteiger partial charge in [-0.2, -0.15) is 0 Å². The second-order valence-electron chi connectivity index (χ2n) is 8.67. The van der Waals surface area contributed by atoms with E-state index < -0.39 is 11.6 Å². The molecule has 0 radical (unpaired) electrons. The lowest BCUT2D eigenvalue weighted by molar-refractivity contribution is -0.143. The Morgan fingerprint density at radius 1 is 1.03 bits per heavy atom. The van der Waals surface area contributed by atoms with E-state index in [0.717, 1.165) is 6.42 Å². The molecule has 0 aromatic heterocycles. The molecule has 0 heterocycles. The third kappa shape index (κ3) is 7.42. The van der Waals surface area contributed by atoms with E-state index in [0.29, 0.717) is 27.8 Å². The second-order valence-corrected chi connectivity index (χ2v) is 9.49. The van der Waals surface area contributed by atoms with E-state index in [4.69, 9.17) is 27.9 Å². The van der Waals surface area contributed by atoms with Crippen molar-refractivity contribution in [2.75, 3.05) is 6.61 Å². The molecule has 0 aliphatic rings. The Bertz CT molecular complexity index is 904. The average Bonchev–Trinajstić information content (AvgIpc) is 2.73. The molecule has 0 aliphatic heterocycles. The summed E-state index contributed by atoms with van der Waals surface area (Å²) in [6, 6.07) is 12.1. The van der Waals surface area contributed by atoms with Gasteiger partial charge >= 0.3 is 0 Å². The molecule has 0 aliphatic carbocycles. The van der Waals surface area contributed by atoms with E-state index in [9.17, 15) is 9.59 Å². The minimum atomic E-state index is -0.694. The smallest absolute Gasteiger partial charge is 0.261 e. The molecule has 0 saturated heterocycles. The van der Waals surface area contributed by atoms with Crippen LogP contribution in [-0.2, 0) is 22.6 Å². The molecule has 5 nitrogen and oxygen atoms in total. The Labute approximate surface area is 201 Å². The summed E-state index contributed by atoms with van der Waals surface area (Å²) in [6.07, 6.45) is 1.35. The molecule has 2 aromatic carbocycles. The second kappa shape index (κ2) is 11.6. The van der Waals surface area contributed by atoms with E-state index in [1.807, 2.05) is 52.0 Å². The van der Waals surface area contributed by atoms with Gasteiger partial charge in [0, 0.05) is 27.7 Å². The van der Waals surface area contributed by atoms with Crippen molar-refractivity contribution in [3.63, 3.8) is 0 Å². The van der Waals surface area contributed by atoms with Crippen LogP contribution in [0.25, 0.3) is 0 Å². The number of benzene rings is 2. The molecular weight excluding hydrogens is 447 g/mol. The van der Waals surface area contributed by atoms with Crippen molar-refractivity contribution < 1.29 is 14.3 Å². The molecule has 2 amide bonds. The number of carbonyl (C=O) groups is 2. The molecule has 174 valence electrons. The monoisotopic (exact) mass is 478 g/mol. The van der Waals surface area contributed by atoms with E-state index in [1.165, 1.54) is 10.5 Å². The van der Waals surface area contributed by atoms with Gasteiger partial charge < -0.3 is 15.0 Å². The van der Waals surface area contributed by atoms with E-state index in [-0.39, 0.29) is 25.0 Å². The van der Waals surface area contributed by atoms with Gasteiger partial charge in [-0.25, -0.2) is 0 Å². The lowest BCUT2D eigenvalue weighted by Gasteiger charge is -2.33. The number of carbonyl (C=O) groups excluding carboxylic acids is 2. The minimum absolute atomic E-state index is 0.103. The molecule has 0 saturated carbocycles. The van der Waals surface area contributed by atoms with Gasteiger partial charge in [-0.1, -0.05) is 55.2 Å². The number of hydrogen-bond acceptors (Lipinski definition) is 3. The first-order valence-corrected chi connectivity index (χ1v) is 11.6. The number of ether oxygens (including phenoxy) is 1. The average molecular weight is 479 g/mol. The first-order chi connectivity index (χ1) is 15.1. The molecule has 0 bridgehead atoms. The van der Waals surface area contributed by atoms with Gasteiger partial charge in [-0.3, -0.25) is 9.59 Å². The molecular formula is C25H32Cl2N2O3. The zero-order chi connectivity index (χ0) is 23.9. The molecule has 1 atom stereocenters. The van der Waals surface area contributed by atoms with Crippen LogP contribution in [0.3, 0.4) is 0 Å². The highest BCUT2D eigenvalue weighted by Gasteiger charge is 2.31. The van der Waals surface area contributed by atoms with Crippen molar-refractivity contribution in [3.8, 4) is 5.75 Å². The summed E-state index contributed by atoms with van der Waals surface area (Å²) in [5.74, 6) is 0.0405. The Balaban J connectivity index is 2.28. The van der Waals surface area contributed by atoms with Crippen molar-refractivity contribution in [1.29, 1.82) is 0 Å². The maximum Gasteiger partial charge on any atom is 0.261 e. The van der Waals surface area contributed by atoms with Crippen molar-refractivity contribution in [3.05, 3.63) is 63.6 Å². The lowest BCUT2D eigenvalue weighted by Crippen LogP contribution is -2.54. The van der Waals surface area contributed by atoms with Crippen LogP contribution in [0.4, 0.5) is 0 Å². The fourth-order valence-electron chi connectivity index (χ4n) is 3.28. The quantitative estimate of drug-likeness (QED) is 0.505. The fraction of sp³-hybridized carbons (Fsp3) is 0.440. The van der Waals surface area contributed by atoms with Crippen LogP contribution in [0.2, 0.25) is 10.0 Å². The zero-order valence-electron chi connectivity index (χ0n) is 19.4. The van der Waals surface area contributed by atoms with Gasteiger partial charge in [-0.15, -0.1) is 0 Å². The van der Waals surface area contributed by atoms with Crippen LogP contribution in [0.1, 0.15) is 52.2 Å². The molecule has 32 heavy (non-hydrogen) atoms. The zero-order valence-corrected chi connectivity index (χ0v) is 20.9. The van der Waals surface area contributed by atoms with Crippen LogP contribution in [0.5, 0.6) is 5.75 Å². The highest BCUT2D eigenvalue weighted by atomic mass is 35.5.